The van der Waals surface area contributed by atoms with Crippen LogP contribution in [0.25, 0.3) is 0 Å². The van der Waals surface area contributed by atoms with Gasteiger partial charge in [-0.25, -0.2) is 0 Å². The van der Waals surface area contributed by atoms with E-state index in [0.29, 0.717) is 0 Å². The zero-order valence-corrected chi connectivity index (χ0v) is 9.81. The van der Waals surface area contributed by atoms with Gasteiger partial charge in [0.1, 0.15) is 0 Å². The van der Waals surface area contributed by atoms with Crippen LogP contribution in [0.5, 0.6) is 0 Å². The molecule has 1 aliphatic carbocycles. The second-order valence-electron chi connectivity index (χ2n) is 4.34. The summed E-state index contributed by atoms with van der Waals surface area (Å²) in [5, 5.41) is 0. The molecule has 1 heterocycles. The summed E-state index contributed by atoms with van der Waals surface area (Å²) in [5.74, 6) is 0.747. The fourth-order valence-corrected chi connectivity index (χ4v) is 2.62. The first kappa shape index (κ1) is 9.97. The normalized spacial score (nSPS) is 18.7. The molecule has 0 bridgehead atoms. The highest BCUT2D eigenvalue weighted by Gasteiger charge is 2.18. The Kier molecular flexibility index (Phi) is 2.77. The van der Waals surface area contributed by atoms with Crippen molar-refractivity contribution < 1.29 is 0 Å². The minimum absolute atomic E-state index is 0.747. The van der Waals surface area contributed by atoms with E-state index in [1.807, 2.05) is 7.05 Å². The molecular formula is C11H18N2S. The molecule has 0 spiro atoms. The molecule has 1 aromatic rings. The molecule has 1 aromatic heterocycles. The average Bonchev–Trinajstić information content (AvgIpc) is 2.47. The van der Waals surface area contributed by atoms with Gasteiger partial charge in [0.25, 0.3) is 0 Å². The van der Waals surface area contributed by atoms with E-state index < -0.39 is 0 Å². The van der Waals surface area contributed by atoms with Gasteiger partial charge < -0.3 is 9.13 Å². The zero-order valence-electron chi connectivity index (χ0n) is 8.99. The Labute approximate surface area is 90.6 Å². The number of imidazole rings is 1. The summed E-state index contributed by atoms with van der Waals surface area (Å²) in [5.41, 5.74) is 1.43. The Morgan fingerprint density at radius 2 is 1.86 bits per heavy atom. The number of aromatic nitrogens is 2. The lowest BCUT2D eigenvalue weighted by Gasteiger charge is -2.21. The highest BCUT2D eigenvalue weighted by atomic mass is 32.1. The third kappa shape index (κ3) is 1.65. The maximum absolute atomic E-state index is 5.31. The molecule has 1 saturated carbocycles. The number of hydrogen-bond acceptors (Lipinski definition) is 1. The van der Waals surface area contributed by atoms with E-state index in [2.05, 4.69) is 22.4 Å². The van der Waals surface area contributed by atoms with Crippen LogP contribution in [-0.4, -0.2) is 9.13 Å². The van der Waals surface area contributed by atoms with Crippen LogP contribution >= 0.6 is 12.2 Å². The summed E-state index contributed by atoms with van der Waals surface area (Å²) < 4.78 is 5.16. The molecule has 0 aromatic carbocycles. The van der Waals surface area contributed by atoms with Crippen LogP contribution in [0.1, 0.15) is 43.7 Å². The van der Waals surface area contributed by atoms with Gasteiger partial charge in [0.15, 0.2) is 4.77 Å². The van der Waals surface area contributed by atoms with Crippen molar-refractivity contribution in [2.24, 2.45) is 14.1 Å². The lowest BCUT2D eigenvalue weighted by molar-refractivity contribution is 0.429. The van der Waals surface area contributed by atoms with Crippen LogP contribution in [0.15, 0.2) is 6.20 Å². The summed E-state index contributed by atoms with van der Waals surface area (Å²) in [6, 6.07) is 0. The number of hydrogen-bond donors (Lipinski definition) is 0. The first-order chi connectivity index (χ1) is 6.70. The first-order valence-corrected chi connectivity index (χ1v) is 5.83. The molecule has 0 aliphatic heterocycles. The SMILES string of the molecule is Cn1cc(C2CCCCC2)n(C)c1=S. The van der Waals surface area contributed by atoms with E-state index in [0.717, 1.165) is 10.7 Å². The molecule has 0 amide bonds. The standard InChI is InChI=1S/C11H18N2S/c1-12-8-10(13(2)11(12)14)9-6-4-3-5-7-9/h8-9H,3-7H2,1-2H3. The summed E-state index contributed by atoms with van der Waals surface area (Å²) >= 11 is 5.31. The van der Waals surface area contributed by atoms with Gasteiger partial charge in [-0.05, 0) is 25.1 Å². The molecule has 1 fully saturated rings. The van der Waals surface area contributed by atoms with Gasteiger partial charge in [-0.3, -0.25) is 0 Å². The lowest BCUT2D eigenvalue weighted by Crippen LogP contribution is -2.08. The summed E-state index contributed by atoms with van der Waals surface area (Å²) in [7, 11) is 4.13. The number of aryl methyl sites for hydroxylation is 1. The minimum Gasteiger partial charge on any atom is -0.327 e. The molecule has 0 saturated heterocycles. The van der Waals surface area contributed by atoms with Crippen molar-refractivity contribution in [1.82, 2.24) is 9.13 Å². The Morgan fingerprint density at radius 3 is 2.36 bits per heavy atom. The van der Waals surface area contributed by atoms with E-state index in [1.165, 1.54) is 37.8 Å². The van der Waals surface area contributed by atoms with Gasteiger partial charge >= 0.3 is 0 Å². The van der Waals surface area contributed by atoms with Crippen molar-refractivity contribution in [1.29, 1.82) is 0 Å². The average molecular weight is 210 g/mol. The third-order valence-corrected chi connectivity index (χ3v) is 3.89. The van der Waals surface area contributed by atoms with Gasteiger partial charge in [0.05, 0.1) is 0 Å². The highest BCUT2D eigenvalue weighted by Crippen LogP contribution is 2.32. The Hall–Kier alpha value is -0.570. The molecule has 14 heavy (non-hydrogen) atoms. The van der Waals surface area contributed by atoms with Crippen LogP contribution in [0, 0.1) is 4.77 Å². The second kappa shape index (κ2) is 3.89. The smallest absolute Gasteiger partial charge is 0.179 e. The minimum atomic E-state index is 0.747. The maximum atomic E-state index is 5.31. The first-order valence-electron chi connectivity index (χ1n) is 5.42. The summed E-state index contributed by atoms with van der Waals surface area (Å²) in [4.78, 5) is 0. The van der Waals surface area contributed by atoms with E-state index >= 15 is 0 Å². The van der Waals surface area contributed by atoms with Crippen molar-refractivity contribution in [3.05, 3.63) is 16.7 Å². The molecule has 0 unspecified atom stereocenters. The van der Waals surface area contributed by atoms with Crippen LogP contribution in [-0.2, 0) is 14.1 Å². The highest BCUT2D eigenvalue weighted by molar-refractivity contribution is 7.71. The van der Waals surface area contributed by atoms with Crippen molar-refractivity contribution in [2.75, 3.05) is 0 Å². The Morgan fingerprint density at radius 1 is 1.21 bits per heavy atom. The van der Waals surface area contributed by atoms with Gasteiger partial charge in [-0.15, -0.1) is 0 Å². The maximum Gasteiger partial charge on any atom is 0.179 e. The molecule has 78 valence electrons. The Bertz CT molecular complexity index is 369. The molecule has 2 rings (SSSR count). The fraction of sp³-hybridized carbons (Fsp3) is 0.727. The van der Waals surface area contributed by atoms with Gasteiger partial charge in [-0.2, -0.15) is 0 Å². The van der Waals surface area contributed by atoms with Crippen LogP contribution in [0.4, 0.5) is 0 Å². The predicted octanol–water partition coefficient (Wildman–Crippen LogP) is 3.14. The predicted molar refractivity (Wildman–Crippen MR) is 61.0 cm³/mol. The fourth-order valence-electron chi connectivity index (χ4n) is 2.46. The number of nitrogens with zero attached hydrogens (tertiary/aromatic N) is 2. The third-order valence-electron chi connectivity index (χ3n) is 3.33. The van der Waals surface area contributed by atoms with Crippen LogP contribution in [0.2, 0.25) is 0 Å². The molecule has 1 aliphatic rings. The quantitative estimate of drug-likeness (QED) is 0.647. The van der Waals surface area contributed by atoms with Crippen molar-refractivity contribution in [2.45, 2.75) is 38.0 Å². The number of rotatable bonds is 1. The summed E-state index contributed by atoms with van der Waals surface area (Å²) in [6.07, 6.45) is 9.06. The van der Waals surface area contributed by atoms with Gasteiger partial charge in [0, 0.05) is 31.9 Å². The van der Waals surface area contributed by atoms with Crippen LogP contribution < -0.4 is 0 Å². The van der Waals surface area contributed by atoms with E-state index in [1.54, 1.807) is 0 Å². The van der Waals surface area contributed by atoms with E-state index in [4.69, 9.17) is 12.2 Å². The van der Waals surface area contributed by atoms with Crippen molar-refractivity contribution >= 4 is 12.2 Å². The van der Waals surface area contributed by atoms with Crippen LogP contribution in [0.3, 0.4) is 0 Å². The molecule has 2 nitrogen and oxygen atoms in total. The van der Waals surface area contributed by atoms with Gasteiger partial charge in [0.2, 0.25) is 0 Å². The molecule has 0 radical (unpaired) electrons. The molecule has 0 atom stereocenters. The lowest BCUT2D eigenvalue weighted by atomic mass is 9.87. The van der Waals surface area contributed by atoms with Crippen molar-refractivity contribution in [3.63, 3.8) is 0 Å². The van der Waals surface area contributed by atoms with Crippen molar-refractivity contribution in [3.8, 4) is 0 Å². The topological polar surface area (TPSA) is 9.86 Å². The molecule has 0 N–H and O–H groups in total. The Balaban J connectivity index is 2.31. The monoisotopic (exact) mass is 210 g/mol. The zero-order chi connectivity index (χ0) is 10.1. The largest absolute Gasteiger partial charge is 0.327 e. The second-order valence-corrected chi connectivity index (χ2v) is 4.71. The molecule has 3 heteroatoms. The van der Waals surface area contributed by atoms with Gasteiger partial charge in [-0.1, -0.05) is 19.3 Å². The molecular weight excluding hydrogens is 192 g/mol. The van der Waals surface area contributed by atoms with E-state index in [9.17, 15) is 0 Å². The summed E-state index contributed by atoms with van der Waals surface area (Å²) in [6.45, 7) is 0. The van der Waals surface area contributed by atoms with E-state index in [-0.39, 0.29) is 0 Å².